The summed E-state index contributed by atoms with van der Waals surface area (Å²) in [6.07, 6.45) is 15.7. The Kier molecular flexibility index (Phi) is 4.71. The molecular weight excluding hydrogens is 458 g/mol. The lowest BCUT2D eigenvalue weighted by molar-refractivity contribution is 0.472. The van der Waals surface area contributed by atoms with E-state index in [9.17, 15) is 0 Å². The summed E-state index contributed by atoms with van der Waals surface area (Å²) in [4.78, 5) is 0. The van der Waals surface area contributed by atoms with Crippen molar-refractivity contribution in [2.75, 3.05) is 0 Å². The highest BCUT2D eigenvalue weighted by Crippen LogP contribution is 2.51. The first-order valence-electron chi connectivity index (χ1n) is 14.2. The van der Waals surface area contributed by atoms with Gasteiger partial charge in [0.2, 0.25) is 0 Å². The molecule has 3 aromatic carbocycles. The first-order chi connectivity index (χ1) is 18.6. The van der Waals surface area contributed by atoms with Gasteiger partial charge in [0.1, 0.15) is 0 Å². The molecule has 1 nitrogen and oxygen atoms in total. The molecule has 38 heavy (non-hydrogen) atoms. The van der Waals surface area contributed by atoms with Gasteiger partial charge in [0, 0.05) is 32.8 Å². The van der Waals surface area contributed by atoms with Gasteiger partial charge in [-0.1, -0.05) is 117 Å². The summed E-state index contributed by atoms with van der Waals surface area (Å²) in [6, 6.07) is 29.8. The smallest absolute Gasteiger partial charge is 0.0528 e. The molecule has 1 heterocycles. The van der Waals surface area contributed by atoms with Gasteiger partial charge in [-0.25, -0.2) is 0 Å². The van der Waals surface area contributed by atoms with Crippen LogP contribution in [0, 0.1) is 5.92 Å². The number of allylic oxidation sites excluding steroid dienone is 6. The summed E-state index contributed by atoms with van der Waals surface area (Å²) < 4.78 is 2.68. The van der Waals surface area contributed by atoms with Crippen molar-refractivity contribution in [2.45, 2.75) is 50.5 Å². The van der Waals surface area contributed by atoms with Gasteiger partial charge < -0.3 is 4.57 Å². The molecule has 8 rings (SSSR count). The van der Waals surface area contributed by atoms with E-state index in [-0.39, 0.29) is 5.41 Å². The van der Waals surface area contributed by atoms with Gasteiger partial charge in [-0.2, -0.15) is 0 Å². The number of rotatable bonds is 2. The highest BCUT2D eigenvalue weighted by Gasteiger charge is 2.41. The maximum Gasteiger partial charge on any atom is 0.0528 e. The molecule has 4 aliphatic carbocycles. The molecule has 0 amide bonds. The van der Waals surface area contributed by atoms with Crippen LogP contribution >= 0.6 is 0 Å². The predicted octanol–water partition coefficient (Wildman–Crippen LogP) is 7.47. The van der Waals surface area contributed by atoms with Crippen molar-refractivity contribution in [3.8, 4) is 0 Å². The molecule has 1 aromatic heterocycles. The molecule has 186 valence electrons. The van der Waals surface area contributed by atoms with Crippen LogP contribution < -0.4 is 10.6 Å². The first kappa shape index (κ1) is 22.2. The molecule has 0 aliphatic heterocycles. The Morgan fingerprint density at radius 2 is 1.61 bits per heavy atom. The number of hydrogen-bond donors (Lipinski definition) is 0. The van der Waals surface area contributed by atoms with Crippen LogP contribution in [-0.4, -0.2) is 4.57 Å². The predicted molar refractivity (Wildman–Crippen MR) is 158 cm³/mol. The van der Waals surface area contributed by atoms with Crippen LogP contribution in [0.25, 0.3) is 22.6 Å². The van der Waals surface area contributed by atoms with Crippen LogP contribution in [0.15, 0.2) is 114 Å². The summed E-state index contributed by atoms with van der Waals surface area (Å²) in [7, 11) is 0. The molecule has 3 atom stereocenters. The molecule has 4 aromatic rings. The number of nitrogens with zero attached hydrogens (tertiary/aromatic N) is 1. The van der Waals surface area contributed by atoms with Crippen LogP contribution in [0.1, 0.15) is 61.8 Å². The fourth-order valence-electron chi connectivity index (χ4n) is 7.87. The van der Waals surface area contributed by atoms with Crippen LogP contribution in [0.5, 0.6) is 0 Å². The topological polar surface area (TPSA) is 4.93 Å². The Bertz CT molecular complexity index is 1820. The molecule has 0 bridgehead atoms. The maximum atomic E-state index is 2.68. The van der Waals surface area contributed by atoms with Gasteiger partial charge in [-0.15, -0.1) is 0 Å². The zero-order valence-electron chi connectivity index (χ0n) is 22.2. The lowest BCUT2D eigenvalue weighted by Gasteiger charge is -2.42. The highest BCUT2D eigenvalue weighted by atomic mass is 15.0. The lowest BCUT2D eigenvalue weighted by atomic mass is 9.62. The Morgan fingerprint density at radius 1 is 0.816 bits per heavy atom. The van der Waals surface area contributed by atoms with Gasteiger partial charge in [0.05, 0.1) is 6.04 Å². The van der Waals surface area contributed by atoms with Crippen LogP contribution in [-0.2, 0) is 5.41 Å². The van der Waals surface area contributed by atoms with Crippen LogP contribution in [0.2, 0.25) is 0 Å². The zero-order chi connectivity index (χ0) is 25.4. The monoisotopic (exact) mass is 491 g/mol. The van der Waals surface area contributed by atoms with Crippen molar-refractivity contribution < 1.29 is 0 Å². The van der Waals surface area contributed by atoms with Crippen molar-refractivity contribution in [1.82, 2.24) is 4.57 Å². The van der Waals surface area contributed by atoms with Gasteiger partial charge in [0.15, 0.2) is 0 Å². The molecule has 0 radical (unpaired) electrons. The third-order valence-electron chi connectivity index (χ3n) is 9.61. The average molecular weight is 492 g/mol. The summed E-state index contributed by atoms with van der Waals surface area (Å²) >= 11 is 0. The van der Waals surface area contributed by atoms with Crippen LogP contribution in [0.3, 0.4) is 0 Å². The molecular formula is C37H33N. The molecule has 0 N–H and O–H groups in total. The fraction of sp³-hybridized carbons (Fsp3) is 0.243. The van der Waals surface area contributed by atoms with Crippen molar-refractivity contribution in [1.29, 1.82) is 0 Å². The Morgan fingerprint density at radius 3 is 2.50 bits per heavy atom. The molecule has 3 unspecified atom stereocenters. The van der Waals surface area contributed by atoms with E-state index in [0.717, 1.165) is 19.3 Å². The van der Waals surface area contributed by atoms with E-state index in [1.807, 2.05) is 0 Å². The minimum Gasteiger partial charge on any atom is -0.334 e. The Hall–Kier alpha value is -3.84. The first-order valence-corrected chi connectivity index (χ1v) is 14.2. The van der Waals surface area contributed by atoms with Gasteiger partial charge in [0.25, 0.3) is 0 Å². The quantitative estimate of drug-likeness (QED) is 0.256. The Labute approximate surface area is 224 Å². The zero-order valence-corrected chi connectivity index (χ0v) is 22.2. The number of benzene rings is 3. The van der Waals surface area contributed by atoms with E-state index < -0.39 is 0 Å². The van der Waals surface area contributed by atoms with E-state index in [1.165, 1.54) is 49.3 Å². The largest absolute Gasteiger partial charge is 0.334 e. The summed E-state index contributed by atoms with van der Waals surface area (Å²) in [5.74, 6) is 0.973. The summed E-state index contributed by atoms with van der Waals surface area (Å²) in [5.41, 5.74) is 10.2. The summed E-state index contributed by atoms with van der Waals surface area (Å²) in [5, 5.41) is 4.25. The third-order valence-corrected chi connectivity index (χ3v) is 9.61. The second kappa shape index (κ2) is 8.08. The number of hydrogen-bond acceptors (Lipinski definition) is 0. The normalized spacial score (nSPS) is 24.6. The number of aromatic nitrogens is 1. The van der Waals surface area contributed by atoms with E-state index in [4.69, 9.17) is 0 Å². The molecule has 4 aliphatic rings. The van der Waals surface area contributed by atoms with Crippen molar-refractivity contribution in [3.05, 3.63) is 142 Å². The van der Waals surface area contributed by atoms with Gasteiger partial charge in [-0.05, 0) is 64.7 Å². The standard InChI is InChI=1S/C37H33N/c1-37(2)30-19-8-6-17-28(30)36-34-26(15-11-20-31(34)37)23-33-35(36)29-18-7-9-21-32(29)38(33)27-16-10-14-25(22-27)24-12-4-3-5-13-24/h3-13,16-21,23,25-27H,14-15,22H2,1-2H3. The molecule has 0 saturated carbocycles. The minimum absolute atomic E-state index is 0.00330. The van der Waals surface area contributed by atoms with Crippen LogP contribution in [0.4, 0.5) is 0 Å². The molecule has 1 heteroatoms. The minimum atomic E-state index is 0.00330. The fourth-order valence-corrected chi connectivity index (χ4v) is 7.87. The number of fused-ring (bicyclic) bond motifs is 5. The second-order valence-corrected chi connectivity index (χ2v) is 12.0. The van der Waals surface area contributed by atoms with Crippen molar-refractivity contribution in [3.63, 3.8) is 0 Å². The van der Waals surface area contributed by atoms with E-state index in [0.29, 0.717) is 17.9 Å². The highest BCUT2D eigenvalue weighted by molar-refractivity contribution is 5.96. The molecule has 0 spiro atoms. The lowest BCUT2D eigenvalue weighted by Crippen LogP contribution is -2.42. The third kappa shape index (κ3) is 2.99. The Balaban J connectivity index is 1.45. The molecule has 0 fully saturated rings. The van der Waals surface area contributed by atoms with E-state index >= 15 is 0 Å². The van der Waals surface area contributed by atoms with Gasteiger partial charge >= 0.3 is 0 Å². The molecule has 0 saturated heterocycles. The number of para-hydroxylation sites is 1. The summed E-state index contributed by atoms with van der Waals surface area (Å²) in [6.45, 7) is 4.82. The van der Waals surface area contributed by atoms with Gasteiger partial charge in [-0.3, -0.25) is 0 Å². The van der Waals surface area contributed by atoms with Crippen molar-refractivity contribution >= 4 is 22.6 Å². The van der Waals surface area contributed by atoms with E-state index in [2.05, 4.69) is 128 Å². The van der Waals surface area contributed by atoms with Crippen molar-refractivity contribution in [2.24, 2.45) is 5.92 Å². The van der Waals surface area contributed by atoms with E-state index in [1.54, 1.807) is 5.57 Å². The maximum absolute atomic E-state index is 2.68. The average Bonchev–Trinajstić information content (AvgIpc) is 3.29. The SMILES string of the molecule is CC1(C)C2=C3C(=c4c(n(C5C=CCC(c6ccccc6)C5)c5ccccc45)=CC3CC=C2)c2ccccc21. The second-order valence-electron chi connectivity index (χ2n) is 12.0.